The maximum atomic E-state index is 12.8. The lowest BCUT2D eigenvalue weighted by molar-refractivity contribution is -0.141. The van der Waals surface area contributed by atoms with E-state index in [4.69, 9.17) is 21.2 Å². The molecule has 10 heteroatoms. The van der Waals surface area contributed by atoms with Gasteiger partial charge in [-0.25, -0.2) is 0 Å². The summed E-state index contributed by atoms with van der Waals surface area (Å²) >= 11 is 5.64. The van der Waals surface area contributed by atoms with Crippen LogP contribution in [0.15, 0.2) is 59.3 Å². The molecule has 31 heavy (non-hydrogen) atoms. The molecule has 4 aromatic rings. The molecule has 0 aliphatic carbocycles. The summed E-state index contributed by atoms with van der Waals surface area (Å²) < 4.78 is 45.0. The summed E-state index contributed by atoms with van der Waals surface area (Å²) in [6, 6.07) is 14.5. The molecule has 0 radical (unpaired) electrons. The van der Waals surface area contributed by atoms with Gasteiger partial charge in [-0.3, -0.25) is 4.68 Å². The fraction of sp³-hybridized carbons (Fsp3) is 0.190. The third-order valence-corrected chi connectivity index (χ3v) is 4.85. The van der Waals surface area contributed by atoms with Crippen LogP contribution in [-0.2, 0) is 19.1 Å². The maximum Gasteiger partial charge on any atom is 0.436 e. The molecular formula is C21H16ClF3N4O2. The first-order valence-electron chi connectivity index (χ1n) is 9.27. The van der Waals surface area contributed by atoms with Crippen LogP contribution in [0.25, 0.3) is 22.8 Å². The van der Waals surface area contributed by atoms with Gasteiger partial charge in [0.05, 0.1) is 11.6 Å². The second-order valence-electron chi connectivity index (χ2n) is 6.81. The van der Waals surface area contributed by atoms with Crippen LogP contribution in [0.5, 0.6) is 0 Å². The van der Waals surface area contributed by atoms with Crippen LogP contribution in [0.2, 0.25) is 5.02 Å². The maximum absolute atomic E-state index is 12.8. The highest BCUT2D eigenvalue weighted by molar-refractivity contribution is 6.31. The normalized spacial score (nSPS) is 11.8. The number of nitrogens with zero attached hydrogens (tertiary/aromatic N) is 4. The molecular weight excluding hydrogens is 433 g/mol. The Hall–Kier alpha value is -3.17. The molecule has 0 unspecified atom stereocenters. The van der Waals surface area contributed by atoms with Crippen molar-refractivity contribution in [3.05, 3.63) is 76.6 Å². The van der Waals surface area contributed by atoms with E-state index in [-0.39, 0.29) is 13.2 Å². The Bertz CT molecular complexity index is 1170. The molecule has 0 saturated carbocycles. The monoisotopic (exact) mass is 448 g/mol. The smallest absolute Gasteiger partial charge is 0.396 e. The summed E-state index contributed by atoms with van der Waals surface area (Å²) in [5, 5.41) is 16.1. The van der Waals surface area contributed by atoms with Gasteiger partial charge in [0.1, 0.15) is 0 Å². The van der Waals surface area contributed by atoms with Gasteiger partial charge < -0.3 is 9.63 Å². The molecule has 0 atom stereocenters. The van der Waals surface area contributed by atoms with Crippen molar-refractivity contribution in [1.29, 1.82) is 0 Å². The number of aliphatic hydroxyl groups excluding tert-OH is 1. The third-order valence-electron chi connectivity index (χ3n) is 4.57. The van der Waals surface area contributed by atoms with Crippen LogP contribution in [0, 0.1) is 0 Å². The topological polar surface area (TPSA) is 77.0 Å². The molecule has 160 valence electrons. The standard InChI is InChI=1S/C21H16ClF3N4O2/c22-17-12-29(27-18(17)21(23,24)25)11-14-3-7-16(8-4-14)20-26-19(28-31-20)15-5-1-13(2-6-15)9-10-30/h1-8,12,30H,9-11H2. The first-order valence-corrected chi connectivity index (χ1v) is 9.64. The summed E-state index contributed by atoms with van der Waals surface area (Å²) in [7, 11) is 0. The van der Waals surface area contributed by atoms with E-state index in [9.17, 15) is 13.2 Å². The second kappa shape index (κ2) is 8.52. The lowest BCUT2D eigenvalue weighted by atomic mass is 10.1. The van der Waals surface area contributed by atoms with Crippen molar-refractivity contribution in [3.63, 3.8) is 0 Å². The van der Waals surface area contributed by atoms with E-state index < -0.39 is 16.9 Å². The largest absolute Gasteiger partial charge is 0.436 e. The summed E-state index contributed by atoms with van der Waals surface area (Å²) in [5.74, 6) is 0.753. The number of hydrogen-bond donors (Lipinski definition) is 1. The minimum absolute atomic E-state index is 0.0820. The van der Waals surface area contributed by atoms with E-state index in [2.05, 4.69) is 15.2 Å². The van der Waals surface area contributed by atoms with E-state index in [1.54, 1.807) is 24.3 Å². The lowest BCUT2D eigenvalue weighted by Crippen LogP contribution is -2.08. The fourth-order valence-electron chi connectivity index (χ4n) is 3.02. The van der Waals surface area contributed by atoms with Crippen molar-refractivity contribution in [3.8, 4) is 22.8 Å². The van der Waals surface area contributed by atoms with E-state index in [1.165, 1.54) is 0 Å². The van der Waals surface area contributed by atoms with Gasteiger partial charge in [0, 0.05) is 23.9 Å². The zero-order chi connectivity index (χ0) is 22.0. The zero-order valence-electron chi connectivity index (χ0n) is 16.0. The molecule has 1 N–H and O–H groups in total. The Labute approximate surface area is 179 Å². The van der Waals surface area contributed by atoms with Crippen molar-refractivity contribution >= 4 is 11.6 Å². The van der Waals surface area contributed by atoms with Crippen LogP contribution < -0.4 is 0 Å². The van der Waals surface area contributed by atoms with Gasteiger partial charge in [0.15, 0.2) is 5.69 Å². The number of aromatic nitrogens is 4. The molecule has 2 aromatic carbocycles. The average molecular weight is 449 g/mol. The van der Waals surface area contributed by atoms with Crippen LogP contribution in [0.1, 0.15) is 16.8 Å². The lowest BCUT2D eigenvalue weighted by Gasteiger charge is -2.04. The first kappa shape index (κ1) is 21.1. The van der Waals surface area contributed by atoms with Gasteiger partial charge in [-0.05, 0) is 29.7 Å². The van der Waals surface area contributed by atoms with E-state index in [0.29, 0.717) is 23.7 Å². The number of benzene rings is 2. The Morgan fingerprint density at radius 2 is 1.61 bits per heavy atom. The molecule has 4 rings (SSSR count). The van der Waals surface area contributed by atoms with Gasteiger partial charge in [-0.15, -0.1) is 0 Å². The van der Waals surface area contributed by atoms with Gasteiger partial charge in [0.2, 0.25) is 5.82 Å². The van der Waals surface area contributed by atoms with Crippen molar-refractivity contribution in [2.24, 2.45) is 0 Å². The SMILES string of the molecule is OCCc1ccc(-c2noc(-c3ccc(Cn4cc(Cl)c(C(F)(F)F)n4)cc3)n2)cc1. The van der Waals surface area contributed by atoms with Gasteiger partial charge >= 0.3 is 6.18 Å². The van der Waals surface area contributed by atoms with E-state index in [0.717, 1.165) is 27.6 Å². The molecule has 0 aliphatic rings. The molecule has 0 saturated heterocycles. The van der Waals surface area contributed by atoms with Crippen LogP contribution in [0.4, 0.5) is 13.2 Å². The van der Waals surface area contributed by atoms with E-state index >= 15 is 0 Å². The number of aliphatic hydroxyl groups is 1. The number of hydrogen-bond acceptors (Lipinski definition) is 5. The Morgan fingerprint density at radius 3 is 2.23 bits per heavy atom. The highest BCUT2D eigenvalue weighted by atomic mass is 35.5. The summed E-state index contributed by atoms with van der Waals surface area (Å²) in [6.07, 6.45) is -2.87. The third kappa shape index (κ3) is 4.78. The number of halogens is 4. The van der Waals surface area contributed by atoms with Gasteiger partial charge in [-0.1, -0.05) is 53.2 Å². The molecule has 0 spiro atoms. The molecule has 0 amide bonds. The number of alkyl halides is 3. The quantitative estimate of drug-likeness (QED) is 0.456. The Balaban J connectivity index is 1.48. The molecule has 2 heterocycles. The second-order valence-corrected chi connectivity index (χ2v) is 7.22. The van der Waals surface area contributed by atoms with Crippen molar-refractivity contribution in [2.75, 3.05) is 6.61 Å². The predicted octanol–water partition coefficient (Wildman–Crippen LogP) is 4.86. The summed E-state index contributed by atoms with van der Waals surface area (Å²) in [4.78, 5) is 4.39. The molecule has 2 aromatic heterocycles. The Morgan fingerprint density at radius 1 is 0.968 bits per heavy atom. The highest BCUT2D eigenvalue weighted by Gasteiger charge is 2.36. The molecule has 0 bridgehead atoms. The van der Waals surface area contributed by atoms with Crippen molar-refractivity contribution < 1.29 is 22.8 Å². The van der Waals surface area contributed by atoms with Crippen LogP contribution >= 0.6 is 11.6 Å². The summed E-state index contributed by atoms with van der Waals surface area (Å²) in [6.45, 7) is 0.212. The fourth-order valence-corrected chi connectivity index (χ4v) is 3.28. The van der Waals surface area contributed by atoms with Crippen LogP contribution in [-0.4, -0.2) is 31.6 Å². The van der Waals surface area contributed by atoms with Crippen LogP contribution in [0.3, 0.4) is 0 Å². The Kier molecular flexibility index (Phi) is 5.79. The molecule has 0 fully saturated rings. The predicted molar refractivity (Wildman–Crippen MR) is 107 cm³/mol. The zero-order valence-corrected chi connectivity index (χ0v) is 16.7. The average Bonchev–Trinajstić information content (AvgIpc) is 3.36. The first-order chi connectivity index (χ1) is 14.8. The molecule has 6 nitrogen and oxygen atoms in total. The van der Waals surface area contributed by atoms with Crippen molar-refractivity contribution in [2.45, 2.75) is 19.1 Å². The summed E-state index contributed by atoms with van der Waals surface area (Å²) in [5.41, 5.74) is 2.09. The minimum atomic E-state index is -4.60. The highest BCUT2D eigenvalue weighted by Crippen LogP contribution is 2.33. The van der Waals surface area contributed by atoms with Gasteiger partial charge in [-0.2, -0.15) is 23.3 Å². The minimum Gasteiger partial charge on any atom is -0.396 e. The number of rotatable bonds is 6. The van der Waals surface area contributed by atoms with Gasteiger partial charge in [0.25, 0.3) is 5.89 Å². The van der Waals surface area contributed by atoms with E-state index in [1.807, 2.05) is 24.3 Å². The molecule has 0 aliphatic heterocycles. The van der Waals surface area contributed by atoms with Crippen molar-refractivity contribution in [1.82, 2.24) is 19.9 Å².